The average molecular weight is 691 g/mol. The van der Waals surface area contributed by atoms with Gasteiger partial charge in [0.1, 0.15) is 46.9 Å². The summed E-state index contributed by atoms with van der Waals surface area (Å²) in [7, 11) is 4.14. The lowest BCUT2D eigenvalue weighted by atomic mass is 10.1. The van der Waals surface area contributed by atoms with Gasteiger partial charge in [0.25, 0.3) is 0 Å². The van der Waals surface area contributed by atoms with Crippen molar-refractivity contribution in [2.24, 2.45) is 15.3 Å². The Morgan fingerprint density at radius 3 is 1.54 bits per heavy atom. The van der Waals surface area contributed by atoms with Crippen LogP contribution in [-0.2, 0) is 41.4 Å². The fraction of sp³-hybridized carbons (Fsp3) is 0.486. The Bertz CT molecular complexity index is 1740. The first-order valence-corrected chi connectivity index (χ1v) is 16.8. The number of hydrogen-bond acceptors (Lipinski definition) is 15. The highest BCUT2D eigenvalue weighted by Crippen LogP contribution is 2.25. The maximum absolute atomic E-state index is 12.3. The van der Waals surface area contributed by atoms with Gasteiger partial charge in [-0.05, 0) is 68.9 Å². The molecule has 15 heteroatoms. The molecule has 3 fully saturated rings. The van der Waals surface area contributed by atoms with E-state index in [1.54, 1.807) is 33.7 Å². The average Bonchev–Trinajstić information content (AvgIpc) is 3.98. The van der Waals surface area contributed by atoms with Crippen LogP contribution in [0.25, 0.3) is 0 Å². The predicted octanol–water partition coefficient (Wildman–Crippen LogP) is 3.56. The van der Waals surface area contributed by atoms with E-state index in [0.717, 1.165) is 24.8 Å². The molecular weight excluding hydrogens is 648 g/mol. The van der Waals surface area contributed by atoms with Gasteiger partial charge in [-0.1, -0.05) is 0 Å². The molecule has 6 rings (SSSR count). The predicted molar refractivity (Wildman–Crippen MR) is 180 cm³/mol. The zero-order valence-corrected chi connectivity index (χ0v) is 28.5. The lowest BCUT2D eigenvalue weighted by Gasteiger charge is -2.18. The van der Waals surface area contributed by atoms with E-state index >= 15 is 0 Å². The number of nitrogens with zero attached hydrogens (tertiary/aromatic N) is 6. The highest BCUT2D eigenvalue weighted by Gasteiger charge is 2.32. The summed E-state index contributed by atoms with van der Waals surface area (Å²) < 4.78 is 33.2. The summed E-state index contributed by atoms with van der Waals surface area (Å²) in [5.74, 6) is 2.68. The van der Waals surface area contributed by atoms with Crippen molar-refractivity contribution in [3.05, 3.63) is 70.5 Å². The highest BCUT2D eigenvalue weighted by atomic mass is 16.5. The molecule has 0 saturated carbocycles. The van der Waals surface area contributed by atoms with E-state index in [1.165, 1.54) is 21.3 Å². The van der Waals surface area contributed by atoms with Crippen LogP contribution in [0.1, 0.15) is 78.6 Å². The summed E-state index contributed by atoms with van der Waals surface area (Å²) in [6.45, 7) is 1.96. The molecule has 0 radical (unpaired) electrons. The van der Waals surface area contributed by atoms with Gasteiger partial charge in [0.05, 0.1) is 46.4 Å². The third kappa shape index (κ3) is 8.09. The van der Waals surface area contributed by atoms with Gasteiger partial charge < -0.3 is 27.5 Å². The van der Waals surface area contributed by atoms with Crippen LogP contribution in [0.3, 0.4) is 0 Å². The molecule has 50 heavy (non-hydrogen) atoms. The number of carbonyl (C=O) groups excluding carboxylic acids is 3. The second kappa shape index (κ2) is 15.9. The van der Waals surface area contributed by atoms with Crippen LogP contribution in [0.4, 0.5) is 0 Å². The van der Waals surface area contributed by atoms with E-state index in [1.807, 2.05) is 30.3 Å². The summed E-state index contributed by atoms with van der Waals surface area (Å²) in [5.41, 5.74) is 0.830. The number of methoxy groups -OCH3 is 3. The zero-order chi connectivity index (χ0) is 35.0. The molecule has 3 aromatic rings. The quantitative estimate of drug-likeness (QED) is 0.146. The van der Waals surface area contributed by atoms with Crippen molar-refractivity contribution in [1.29, 1.82) is 0 Å². The van der Waals surface area contributed by atoms with Crippen LogP contribution >= 0.6 is 0 Å². The minimum Gasteiger partial charge on any atom is -0.467 e. The van der Waals surface area contributed by atoms with Crippen LogP contribution in [0.5, 0.6) is 0 Å². The summed E-state index contributed by atoms with van der Waals surface area (Å²) >= 11 is 0. The number of esters is 3. The van der Waals surface area contributed by atoms with E-state index in [4.69, 9.17) is 27.5 Å². The van der Waals surface area contributed by atoms with Crippen molar-refractivity contribution >= 4 is 36.6 Å². The normalized spacial score (nSPS) is 21.0. The Morgan fingerprint density at radius 1 is 0.640 bits per heavy atom. The lowest BCUT2D eigenvalue weighted by Crippen LogP contribution is -2.33. The molecule has 3 aliphatic heterocycles. The van der Waals surface area contributed by atoms with Crippen LogP contribution in [0.2, 0.25) is 0 Å². The number of hydrogen-bond donors (Lipinski definition) is 0. The monoisotopic (exact) mass is 690 g/mol. The molecule has 15 nitrogen and oxygen atoms in total. The number of rotatable bonds is 13. The molecule has 0 aliphatic carbocycles. The minimum atomic E-state index is -0.442. The Hall–Kier alpha value is -5.34. The fourth-order valence-corrected chi connectivity index (χ4v) is 6.50. The Labute approximate surface area is 289 Å². The maximum Gasteiger partial charge on any atom is 0.330 e. The standard InChI is InChI=1S/C35H42N6O9/c1-45-33(42)29-7-4-14-39(29)36-20-26-12-10-24(48-26)17-23-18-28(50-32(23)22-38-41-16-6-9-31(41)35(44)47-3)19-25-11-13-27(49-25)21-37-40-15-5-8-30(40)34(43)46-2/h10-13,18,20-22,29-31H,4-9,14-17,19H2,1-3H3. The van der Waals surface area contributed by atoms with E-state index in [2.05, 4.69) is 15.3 Å². The first kappa shape index (κ1) is 34.5. The molecule has 3 aliphatic rings. The molecule has 0 N–H and O–H groups in total. The number of carbonyl (C=O) groups is 3. The number of ether oxygens (including phenoxy) is 3. The Balaban J connectivity index is 1.17. The van der Waals surface area contributed by atoms with Crippen molar-refractivity contribution in [1.82, 2.24) is 15.0 Å². The summed E-state index contributed by atoms with van der Waals surface area (Å²) in [6.07, 6.45) is 10.2. The SMILES string of the molecule is COC(=O)C1CCCN1N=Cc1ccc(Cc2cc(Cc3ccc(C=NN4CCCC4C(=O)OC)o3)c(C=NN3CCCC3C(=O)OC)o2)o1. The first-order chi connectivity index (χ1) is 24.3. The molecule has 0 aromatic carbocycles. The van der Waals surface area contributed by atoms with Crippen LogP contribution in [0, 0.1) is 0 Å². The van der Waals surface area contributed by atoms with Crippen molar-refractivity contribution in [3.63, 3.8) is 0 Å². The van der Waals surface area contributed by atoms with Crippen molar-refractivity contribution in [2.45, 2.75) is 69.5 Å². The maximum atomic E-state index is 12.3. The summed E-state index contributed by atoms with van der Waals surface area (Å²) in [4.78, 5) is 36.4. The van der Waals surface area contributed by atoms with Crippen LogP contribution < -0.4 is 0 Å². The number of hydrazone groups is 3. The van der Waals surface area contributed by atoms with E-state index in [0.29, 0.717) is 86.3 Å². The van der Waals surface area contributed by atoms with Crippen molar-refractivity contribution < 1.29 is 41.8 Å². The number of furan rings is 3. The summed E-state index contributed by atoms with van der Waals surface area (Å²) in [5, 5.41) is 18.7. The van der Waals surface area contributed by atoms with E-state index < -0.39 is 18.1 Å². The molecule has 0 amide bonds. The largest absolute Gasteiger partial charge is 0.467 e. The molecule has 6 heterocycles. The fourth-order valence-electron chi connectivity index (χ4n) is 6.50. The molecule has 3 unspecified atom stereocenters. The van der Waals surface area contributed by atoms with Crippen molar-refractivity contribution in [3.8, 4) is 0 Å². The molecular formula is C35H42N6O9. The van der Waals surface area contributed by atoms with Gasteiger partial charge in [-0.25, -0.2) is 14.4 Å². The molecule has 3 atom stereocenters. The zero-order valence-electron chi connectivity index (χ0n) is 28.5. The molecule has 266 valence electrons. The van der Waals surface area contributed by atoms with Gasteiger partial charge in [-0.2, -0.15) is 15.3 Å². The Kier molecular flexibility index (Phi) is 11.0. The molecule has 3 saturated heterocycles. The minimum absolute atomic E-state index is 0.298. The van der Waals surface area contributed by atoms with Gasteiger partial charge in [-0.15, -0.1) is 0 Å². The first-order valence-electron chi connectivity index (χ1n) is 16.8. The van der Waals surface area contributed by atoms with Gasteiger partial charge in [0, 0.05) is 31.6 Å². The lowest BCUT2D eigenvalue weighted by molar-refractivity contribution is -0.146. The molecule has 0 spiro atoms. The Morgan fingerprint density at radius 2 is 1.08 bits per heavy atom. The summed E-state index contributed by atoms with van der Waals surface area (Å²) in [6, 6.07) is 8.07. The van der Waals surface area contributed by atoms with Gasteiger partial charge in [0.2, 0.25) is 0 Å². The van der Waals surface area contributed by atoms with Crippen LogP contribution in [-0.4, -0.2) is 111 Å². The van der Waals surface area contributed by atoms with E-state index in [9.17, 15) is 14.4 Å². The molecule has 0 bridgehead atoms. The third-order valence-corrected chi connectivity index (χ3v) is 9.05. The second-order valence-electron chi connectivity index (χ2n) is 12.3. The van der Waals surface area contributed by atoms with Crippen LogP contribution in [0.15, 0.2) is 58.9 Å². The van der Waals surface area contributed by atoms with Gasteiger partial charge in [0.15, 0.2) is 5.76 Å². The van der Waals surface area contributed by atoms with Gasteiger partial charge in [-0.3, -0.25) is 15.0 Å². The highest BCUT2D eigenvalue weighted by molar-refractivity contribution is 5.81. The third-order valence-electron chi connectivity index (χ3n) is 9.05. The van der Waals surface area contributed by atoms with Crippen molar-refractivity contribution in [2.75, 3.05) is 41.0 Å². The van der Waals surface area contributed by atoms with E-state index in [-0.39, 0.29) is 17.9 Å². The smallest absolute Gasteiger partial charge is 0.330 e. The topological polar surface area (TPSA) is 165 Å². The van der Waals surface area contributed by atoms with Gasteiger partial charge >= 0.3 is 17.9 Å². The molecule has 3 aromatic heterocycles. The second-order valence-corrected chi connectivity index (χ2v) is 12.3.